The number of ether oxygens (including phenoxy) is 1. The number of aromatic carboxylic acids is 4. The highest BCUT2D eigenvalue weighted by atomic mass is 19.4. The van der Waals surface area contributed by atoms with Crippen molar-refractivity contribution in [2.75, 3.05) is 0 Å². The zero-order chi connectivity index (χ0) is 60.3. The summed E-state index contributed by atoms with van der Waals surface area (Å²) in [5.41, 5.74) is 4.38. The van der Waals surface area contributed by atoms with E-state index in [0.29, 0.717) is 44.1 Å². The summed E-state index contributed by atoms with van der Waals surface area (Å²) in [4.78, 5) is 43.7. The second-order valence-electron chi connectivity index (χ2n) is 18.0. The lowest BCUT2D eigenvalue weighted by molar-refractivity contribution is -0.274. The average Bonchev–Trinajstić information content (AvgIpc) is 4.46. The third kappa shape index (κ3) is 12.7. The van der Waals surface area contributed by atoms with E-state index < -0.39 is 71.0 Å². The Morgan fingerprint density at radius 1 is 0.345 bits per heavy atom. The summed E-state index contributed by atoms with van der Waals surface area (Å²) < 4.78 is 140. The van der Waals surface area contributed by atoms with Gasteiger partial charge in [-0.1, -0.05) is 0 Å². The van der Waals surface area contributed by atoms with Crippen LogP contribution in [0, 0.1) is 40.7 Å². The number of carboxylic acid groups (broad SMARTS) is 4. The molecule has 84 heavy (non-hydrogen) atoms. The van der Waals surface area contributed by atoms with E-state index in [4.69, 9.17) is 20.4 Å². The summed E-state index contributed by atoms with van der Waals surface area (Å²) in [5, 5.41) is 38.4. The predicted molar refractivity (Wildman–Crippen MR) is 287 cm³/mol. The number of halogens is 10. The Hall–Kier alpha value is -11.1. The normalized spacial score (nSPS) is 11.1. The number of carbonyl (C=O) groups is 4. The second-order valence-corrected chi connectivity index (χ2v) is 18.0. The molecule has 0 aliphatic rings. The number of alkyl halides is 3. The summed E-state index contributed by atoms with van der Waals surface area (Å²) in [6.45, 7) is 0. The van der Waals surface area contributed by atoms with Crippen LogP contribution in [0.15, 0.2) is 195 Å². The van der Waals surface area contributed by atoms with Crippen molar-refractivity contribution in [1.82, 2.24) is 18.3 Å². The molecule has 0 aliphatic heterocycles. The van der Waals surface area contributed by atoms with Gasteiger partial charge in [-0.2, -0.15) is 0 Å². The van der Waals surface area contributed by atoms with E-state index in [-0.39, 0.29) is 39.4 Å². The van der Waals surface area contributed by atoms with Gasteiger partial charge in [0.1, 0.15) is 29.0 Å². The number of hydrogen-bond donors (Lipinski definition) is 4. The molecule has 0 unspecified atom stereocenters. The quantitative estimate of drug-likeness (QED) is 0.0809. The Morgan fingerprint density at radius 2 is 0.702 bits per heavy atom. The molecule has 12 aromatic rings. The van der Waals surface area contributed by atoms with Gasteiger partial charge in [-0.25, -0.2) is 49.9 Å². The maximum Gasteiger partial charge on any atom is 0.573 e. The Kier molecular flexibility index (Phi) is 16.1. The van der Waals surface area contributed by atoms with E-state index in [9.17, 15) is 63.1 Å². The lowest BCUT2D eigenvalue weighted by Gasteiger charge is -2.10. The van der Waals surface area contributed by atoms with Crippen molar-refractivity contribution in [3.05, 3.63) is 258 Å². The number of rotatable bonds is 9. The molecule has 0 spiro atoms. The standard InChI is InChI=1S/C16H10F3NO3.C15H8F3NO2.2C15H9F2NO2/c17-16(18,19)23-13-4-2-12(3-5-13)20-8-7-10-9-11(15(21)22)1-6-14(10)20;16-11-6-10(7-12(17)14(11)18)19-4-3-8-5-9(15(20)21)1-2-13(8)19;16-11-2-3-12(17)14(8-11)18-6-5-9-7-10(15(19)20)1-4-13(9)18;16-11-6-12(17)8-13(7-11)18-4-3-9-5-10(15(19)20)1-2-14(9)18/h1-9H,(H,21,22);1-7H,(H,20,21);2*1-8H,(H,19,20). The van der Waals surface area contributed by atoms with Gasteiger partial charge in [-0.15, -0.1) is 13.2 Å². The summed E-state index contributed by atoms with van der Waals surface area (Å²) in [5.74, 6) is -10.9. The van der Waals surface area contributed by atoms with Crippen LogP contribution >= 0.6 is 0 Å². The van der Waals surface area contributed by atoms with Gasteiger partial charge >= 0.3 is 30.2 Å². The van der Waals surface area contributed by atoms with Crippen LogP contribution < -0.4 is 4.74 Å². The largest absolute Gasteiger partial charge is 0.573 e. The fourth-order valence-corrected chi connectivity index (χ4v) is 8.83. The Bertz CT molecular complexity index is 4490. The van der Waals surface area contributed by atoms with Gasteiger partial charge in [0.15, 0.2) is 17.5 Å². The SMILES string of the molecule is O=C(O)c1ccc2c(ccn2-c2cc(F)c(F)c(F)c2)c1.O=C(O)c1ccc2c(ccn2-c2cc(F)cc(F)c2)c1.O=C(O)c1ccc2c(ccn2-c2cc(F)ccc2F)c1.O=C(O)c1ccc2c(ccn2-c2ccc(OC(F)(F)F)cc2)c1. The summed E-state index contributed by atoms with van der Waals surface area (Å²) in [6, 6.07) is 38.4. The van der Waals surface area contributed by atoms with Crippen molar-refractivity contribution >= 4 is 67.5 Å². The van der Waals surface area contributed by atoms with E-state index in [1.54, 1.807) is 70.2 Å². The second kappa shape index (κ2) is 23.5. The van der Waals surface area contributed by atoms with Crippen LogP contribution in [0.25, 0.3) is 66.4 Å². The first-order chi connectivity index (χ1) is 39.9. The molecule has 0 radical (unpaired) electrons. The van der Waals surface area contributed by atoms with E-state index >= 15 is 0 Å². The molecule has 23 heteroatoms. The first kappa shape index (κ1) is 57.6. The molecule has 4 aromatic heterocycles. The van der Waals surface area contributed by atoms with Gasteiger partial charge in [0, 0.05) is 76.3 Å². The maximum absolute atomic E-state index is 13.8. The third-order valence-electron chi connectivity index (χ3n) is 12.6. The minimum absolute atomic E-state index is 0.0862. The van der Waals surface area contributed by atoms with Crippen molar-refractivity contribution in [2.24, 2.45) is 0 Å². The van der Waals surface area contributed by atoms with Crippen molar-refractivity contribution in [3.8, 4) is 28.5 Å². The van der Waals surface area contributed by atoms with Crippen molar-refractivity contribution in [3.63, 3.8) is 0 Å². The van der Waals surface area contributed by atoms with Crippen LogP contribution in [0.3, 0.4) is 0 Å². The molecule has 13 nitrogen and oxygen atoms in total. The summed E-state index contributed by atoms with van der Waals surface area (Å²) in [6.07, 6.45) is 1.74. The first-order valence-corrected chi connectivity index (χ1v) is 24.2. The van der Waals surface area contributed by atoms with Gasteiger partial charge in [0.25, 0.3) is 0 Å². The molecule has 0 bridgehead atoms. The van der Waals surface area contributed by atoms with Gasteiger partial charge < -0.3 is 43.4 Å². The predicted octanol–water partition coefficient (Wildman–Crippen LogP) is 15.2. The van der Waals surface area contributed by atoms with Crippen molar-refractivity contribution in [1.29, 1.82) is 0 Å². The number of carboxylic acids is 4. The Balaban J connectivity index is 0.000000135. The van der Waals surface area contributed by atoms with Crippen LogP contribution in [0.5, 0.6) is 5.75 Å². The lowest BCUT2D eigenvalue weighted by Crippen LogP contribution is -2.17. The number of nitrogens with zero attached hydrogens (tertiary/aromatic N) is 4. The summed E-state index contributed by atoms with van der Waals surface area (Å²) >= 11 is 0. The monoisotopic (exact) mass is 1160 g/mol. The number of fused-ring (bicyclic) bond motifs is 4. The molecule has 0 fully saturated rings. The first-order valence-electron chi connectivity index (χ1n) is 24.2. The molecule has 0 aliphatic carbocycles. The summed E-state index contributed by atoms with van der Waals surface area (Å²) in [7, 11) is 0. The van der Waals surface area contributed by atoms with Crippen LogP contribution in [0.1, 0.15) is 41.4 Å². The topological polar surface area (TPSA) is 178 Å². The molecule has 0 atom stereocenters. The van der Waals surface area contributed by atoms with Crippen molar-refractivity contribution in [2.45, 2.75) is 6.36 Å². The van der Waals surface area contributed by atoms with Crippen LogP contribution in [0.4, 0.5) is 43.9 Å². The fraction of sp³-hybridized carbons (Fsp3) is 0.0164. The fourth-order valence-electron chi connectivity index (χ4n) is 8.83. The van der Waals surface area contributed by atoms with E-state index in [0.717, 1.165) is 47.3 Å². The smallest absolute Gasteiger partial charge is 0.478 e. The average molecular weight is 1160 g/mol. The molecule has 424 valence electrons. The minimum Gasteiger partial charge on any atom is -0.478 e. The van der Waals surface area contributed by atoms with Gasteiger partial charge in [-0.05, 0) is 146 Å². The van der Waals surface area contributed by atoms with Gasteiger partial charge in [-0.3, -0.25) is 0 Å². The van der Waals surface area contributed by atoms with Gasteiger partial charge in [0.2, 0.25) is 0 Å². The molecule has 4 N–H and O–H groups in total. The highest BCUT2D eigenvalue weighted by Crippen LogP contribution is 2.30. The van der Waals surface area contributed by atoms with E-state index in [1.807, 2.05) is 0 Å². The van der Waals surface area contributed by atoms with Crippen LogP contribution in [-0.2, 0) is 0 Å². The van der Waals surface area contributed by atoms with Crippen molar-refractivity contribution < 1.29 is 88.2 Å². The molecule has 0 saturated heterocycles. The Labute approximate surface area is 465 Å². The lowest BCUT2D eigenvalue weighted by atomic mass is 10.1. The number of benzene rings is 8. The zero-order valence-corrected chi connectivity index (χ0v) is 42.4. The highest BCUT2D eigenvalue weighted by molar-refractivity contribution is 5.97. The molecular formula is C61H36F10N4O9. The Morgan fingerprint density at radius 3 is 1.08 bits per heavy atom. The molecule has 12 rings (SSSR count). The zero-order valence-electron chi connectivity index (χ0n) is 42.4. The molecule has 8 aromatic carbocycles. The van der Waals surface area contributed by atoms with E-state index in [2.05, 4.69) is 4.74 Å². The maximum atomic E-state index is 13.8. The van der Waals surface area contributed by atoms with E-state index in [1.165, 1.54) is 106 Å². The molecule has 0 amide bonds. The van der Waals surface area contributed by atoms with Gasteiger partial charge in [0.05, 0.1) is 61.4 Å². The molecular weight excluding hydrogens is 1120 g/mol. The molecule has 4 heterocycles. The number of aromatic nitrogens is 4. The third-order valence-corrected chi connectivity index (χ3v) is 12.6. The highest BCUT2D eigenvalue weighted by Gasteiger charge is 2.31. The van der Waals surface area contributed by atoms with Crippen LogP contribution in [0.2, 0.25) is 0 Å². The molecule has 0 saturated carbocycles. The number of hydrogen-bond acceptors (Lipinski definition) is 5. The minimum atomic E-state index is -4.73. The van der Waals surface area contributed by atoms with Crippen LogP contribution in [-0.4, -0.2) is 68.9 Å².